The summed E-state index contributed by atoms with van der Waals surface area (Å²) >= 11 is 0. The van der Waals surface area contributed by atoms with Gasteiger partial charge in [-0.25, -0.2) is 4.79 Å². The van der Waals surface area contributed by atoms with Gasteiger partial charge >= 0.3 is 6.09 Å². The van der Waals surface area contributed by atoms with Gasteiger partial charge in [0.25, 0.3) is 0 Å². The molecule has 1 amide bonds. The van der Waals surface area contributed by atoms with Crippen LogP contribution in [0.25, 0.3) is 0 Å². The fourth-order valence-corrected chi connectivity index (χ4v) is 2.07. The highest BCUT2D eigenvalue weighted by Gasteiger charge is 2.46. The molecule has 0 saturated heterocycles. The van der Waals surface area contributed by atoms with E-state index < -0.39 is 5.60 Å². The van der Waals surface area contributed by atoms with Crippen LogP contribution in [0.2, 0.25) is 0 Å². The first-order valence-electron chi connectivity index (χ1n) is 6.64. The second-order valence-corrected chi connectivity index (χ2v) is 6.04. The number of alkyl carbamates (subject to hydrolysis) is 1. The maximum absolute atomic E-state index is 11.9. The summed E-state index contributed by atoms with van der Waals surface area (Å²) in [7, 11) is 1.89. The van der Waals surface area contributed by atoms with Gasteiger partial charge in [0, 0.05) is 12.7 Å². The normalized spacial score (nSPS) is 16.6. The number of benzene rings is 1. The molecule has 0 spiro atoms. The Morgan fingerprint density at radius 2 is 1.79 bits per heavy atom. The van der Waals surface area contributed by atoms with E-state index in [-0.39, 0.29) is 11.6 Å². The second-order valence-electron chi connectivity index (χ2n) is 6.04. The Bertz CT molecular complexity index is 456. The van der Waals surface area contributed by atoms with Crippen LogP contribution < -0.4 is 10.6 Å². The highest BCUT2D eigenvalue weighted by Crippen LogP contribution is 2.45. The summed E-state index contributed by atoms with van der Waals surface area (Å²) < 4.78 is 5.32. The van der Waals surface area contributed by atoms with Gasteiger partial charge < -0.3 is 15.4 Å². The molecule has 1 aliphatic carbocycles. The molecule has 2 rings (SSSR count). The molecule has 104 valence electrons. The Kier molecular flexibility index (Phi) is 3.43. The summed E-state index contributed by atoms with van der Waals surface area (Å²) in [5, 5.41) is 6.08. The molecule has 1 aromatic carbocycles. The van der Waals surface area contributed by atoms with Crippen LogP contribution in [-0.4, -0.2) is 18.7 Å². The molecule has 0 atom stereocenters. The summed E-state index contributed by atoms with van der Waals surface area (Å²) in [4.78, 5) is 11.9. The number of anilines is 1. The van der Waals surface area contributed by atoms with E-state index >= 15 is 0 Å². The minimum absolute atomic E-state index is 0.228. The van der Waals surface area contributed by atoms with E-state index in [0.717, 1.165) is 24.1 Å². The topological polar surface area (TPSA) is 50.4 Å². The van der Waals surface area contributed by atoms with Crippen LogP contribution >= 0.6 is 0 Å². The van der Waals surface area contributed by atoms with Crippen LogP contribution in [-0.2, 0) is 10.3 Å². The third kappa shape index (κ3) is 3.40. The molecule has 4 nitrogen and oxygen atoms in total. The maximum atomic E-state index is 11.9. The molecule has 0 aliphatic heterocycles. The Morgan fingerprint density at radius 3 is 2.21 bits per heavy atom. The number of carbonyl (C=O) groups is 1. The number of amides is 1. The van der Waals surface area contributed by atoms with Crippen molar-refractivity contribution in [3.8, 4) is 0 Å². The van der Waals surface area contributed by atoms with Gasteiger partial charge in [-0.05, 0) is 51.3 Å². The van der Waals surface area contributed by atoms with Gasteiger partial charge in [-0.3, -0.25) is 0 Å². The van der Waals surface area contributed by atoms with E-state index in [0.29, 0.717) is 0 Å². The third-order valence-electron chi connectivity index (χ3n) is 3.22. The van der Waals surface area contributed by atoms with Crippen molar-refractivity contribution in [3.05, 3.63) is 29.8 Å². The van der Waals surface area contributed by atoms with Crippen molar-refractivity contribution in [2.75, 3.05) is 12.4 Å². The van der Waals surface area contributed by atoms with Crippen LogP contribution in [0.1, 0.15) is 39.2 Å². The van der Waals surface area contributed by atoms with Gasteiger partial charge in [-0.1, -0.05) is 12.1 Å². The first-order chi connectivity index (χ1) is 8.85. The minimum atomic E-state index is -0.462. The predicted octanol–water partition coefficient (Wildman–Crippen LogP) is 3.24. The molecule has 4 heteroatoms. The Labute approximate surface area is 114 Å². The lowest BCUT2D eigenvalue weighted by molar-refractivity contribution is 0.0495. The largest absolute Gasteiger partial charge is 0.444 e. The van der Waals surface area contributed by atoms with E-state index in [1.165, 1.54) is 0 Å². The molecule has 1 aromatic rings. The summed E-state index contributed by atoms with van der Waals surface area (Å²) in [6.45, 7) is 5.61. The van der Waals surface area contributed by atoms with Gasteiger partial charge in [0.2, 0.25) is 0 Å². The van der Waals surface area contributed by atoms with E-state index in [4.69, 9.17) is 4.74 Å². The zero-order chi connectivity index (χ0) is 14.1. The first kappa shape index (κ1) is 13.7. The molecule has 0 unspecified atom stereocenters. The third-order valence-corrected chi connectivity index (χ3v) is 3.22. The number of hydrogen-bond acceptors (Lipinski definition) is 3. The molecule has 1 fully saturated rings. The van der Waals surface area contributed by atoms with Crippen molar-refractivity contribution in [2.24, 2.45) is 0 Å². The zero-order valence-corrected chi connectivity index (χ0v) is 12.0. The van der Waals surface area contributed by atoms with Crippen LogP contribution in [0, 0.1) is 0 Å². The highest BCUT2D eigenvalue weighted by atomic mass is 16.6. The number of ether oxygens (including phenoxy) is 1. The first-order valence-corrected chi connectivity index (χ1v) is 6.64. The lowest BCUT2D eigenvalue weighted by Crippen LogP contribution is -2.39. The number of carbonyl (C=O) groups excluding carboxylic acids is 1. The van der Waals surface area contributed by atoms with Crippen molar-refractivity contribution >= 4 is 11.8 Å². The molecule has 0 radical (unpaired) electrons. The molecule has 0 aromatic heterocycles. The van der Waals surface area contributed by atoms with Crippen molar-refractivity contribution in [2.45, 2.75) is 44.8 Å². The van der Waals surface area contributed by atoms with E-state index in [9.17, 15) is 4.79 Å². The number of hydrogen-bond donors (Lipinski definition) is 2. The lowest BCUT2D eigenvalue weighted by Gasteiger charge is -2.23. The maximum Gasteiger partial charge on any atom is 0.408 e. The molecule has 2 N–H and O–H groups in total. The summed E-state index contributed by atoms with van der Waals surface area (Å²) in [6, 6.07) is 8.14. The molecule has 0 bridgehead atoms. The fraction of sp³-hybridized carbons (Fsp3) is 0.533. The van der Waals surface area contributed by atoms with Crippen LogP contribution in [0.3, 0.4) is 0 Å². The van der Waals surface area contributed by atoms with Gasteiger partial charge in [0.1, 0.15) is 5.60 Å². The minimum Gasteiger partial charge on any atom is -0.444 e. The van der Waals surface area contributed by atoms with Crippen LogP contribution in [0.15, 0.2) is 24.3 Å². The monoisotopic (exact) mass is 262 g/mol. The van der Waals surface area contributed by atoms with Crippen molar-refractivity contribution in [3.63, 3.8) is 0 Å². The summed E-state index contributed by atoms with van der Waals surface area (Å²) in [5.41, 5.74) is 1.51. The average Bonchev–Trinajstić information content (AvgIpc) is 3.07. The SMILES string of the molecule is CNc1ccc(C2(NC(=O)OC(C)(C)C)CC2)cc1. The Hall–Kier alpha value is -1.71. The Balaban J connectivity index is 2.04. The van der Waals surface area contributed by atoms with Crippen molar-refractivity contribution in [1.29, 1.82) is 0 Å². The van der Waals surface area contributed by atoms with Crippen LogP contribution in [0.5, 0.6) is 0 Å². The molecule has 1 saturated carbocycles. The summed E-state index contributed by atoms with van der Waals surface area (Å²) in [6.07, 6.45) is 1.58. The molecular weight excluding hydrogens is 240 g/mol. The smallest absolute Gasteiger partial charge is 0.408 e. The standard InChI is InChI=1S/C15H22N2O2/c1-14(2,3)19-13(18)17-15(9-10-15)11-5-7-12(16-4)8-6-11/h5-8,16H,9-10H2,1-4H3,(H,17,18). The lowest BCUT2D eigenvalue weighted by atomic mass is 10.0. The van der Waals surface area contributed by atoms with Gasteiger partial charge in [-0.2, -0.15) is 0 Å². The number of nitrogens with one attached hydrogen (secondary N) is 2. The molecule has 0 heterocycles. The fourth-order valence-electron chi connectivity index (χ4n) is 2.07. The van der Waals surface area contributed by atoms with E-state index in [1.54, 1.807) is 0 Å². The second kappa shape index (κ2) is 4.76. The number of rotatable bonds is 3. The molecule has 19 heavy (non-hydrogen) atoms. The van der Waals surface area contributed by atoms with E-state index in [1.807, 2.05) is 40.0 Å². The highest BCUT2D eigenvalue weighted by molar-refractivity contribution is 5.70. The molecular formula is C15H22N2O2. The van der Waals surface area contributed by atoms with Gasteiger partial charge in [-0.15, -0.1) is 0 Å². The summed E-state index contributed by atoms with van der Waals surface area (Å²) in [5.74, 6) is 0. The van der Waals surface area contributed by atoms with Crippen LogP contribution in [0.4, 0.5) is 10.5 Å². The quantitative estimate of drug-likeness (QED) is 0.879. The van der Waals surface area contributed by atoms with Gasteiger partial charge in [0.05, 0.1) is 5.54 Å². The zero-order valence-electron chi connectivity index (χ0n) is 12.0. The van der Waals surface area contributed by atoms with Gasteiger partial charge in [0.15, 0.2) is 0 Å². The van der Waals surface area contributed by atoms with Crippen molar-refractivity contribution in [1.82, 2.24) is 5.32 Å². The Morgan fingerprint density at radius 1 is 1.21 bits per heavy atom. The predicted molar refractivity (Wildman–Crippen MR) is 76.3 cm³/mol. The molecule has 1 aliphatic rings. The average molecular weight is 262 g/mol. The van der Waals surface area contributed by atoms with Crippen molar-refractivity contribution < 1.29 is 9.53 Å². The van der Waals surface area contributed by atoms with E-state index in [2.05, 4.69) is 22.8 Å².